The predicted molar refractivity (Wildman–Crippen MR) is 58.5 cm³/mol. The van der Waals surface area contributed by atoms with Crippen LogP contribution in [0.5, 0.6) is 0 Å². The molecule has 0 bridgehead atoms. The minimum atomic E-state index is -4.28. The van der Waals surface area contributed by atoms with Gasteiger partial charge < -0.3 is 10.1 Å². The molecule has 16 heavy (non-hydrogen) atoms. The van der Waals surface area contributed by atoms with E-state index in [1.807, 2.05) is 6.92 Å². The fourth-order valence-corrected chi connectivity index (χ4v) is 1.59. The zero-order chi connectivity index (χ0) is 13.0. The lowest BCUT2D eigenvalue weighted by atomic mass is 9.87. The highest BCUT2D eigenvalue weighted by Crippen LogP contribution is 2.37. The second kappa shape index (κ2) is 5.36. The Labute approximate surface area is 95.5 Å². The van der Waals surface area contributed by atoms with E-state index >= 15 is 0 Å². The first kappa shape index (κ1) is 15.7. The van der Waals surface area contributed by atoms with Gasteiger partial charge in [-0.05, 0) is 33.7 Å². The van der Waals surface area contributed by atoms with E-state index in [9.17, 15) is 13.2 Å². The van der Waals surface area contributed by atoms with Gasteiger partial charge in [-0.15, -0.1) is 0 Å². The molecule has 1 atom stereocenters. The van der Waals surface area contributed by atoms with E-state index in [4.69, 9.17) is 4.74 Å². The molecule has 5 heteroatoms. The van der Waals surface area contributed by atoms with E-state index in [1.54, 1.807) is 13.8 Å². The molecule has 0 fully saturated rings. The molecule has 0 aliphatic carbocycles. The second-order valence-electron chi connectivity index (χ2n) is 4.90. The van der Waals surface area contributed by atoms with Crippen LogP contribution in [0.3, 0.4) is 0 Å². The van der Waals surface area contributed by atoms with Crippen LogP contribution < -0.4 is 5.32 Å². The summed E-state index contributed by atoms with van der Waals surface area (Å²) in [5.74, 6) is 0. The van der Waals surface area contributed by atoms with E-state index in [-0.39, 0.29) is 6.42 Å². The molecule has 1 unspecified atom stereocenters. The summed E-state index contributed by atoms with van der Waals surface area (Å²) in [6.45, 7) is 6.68. The smallest absolute Gasteiger partial charge is 0.379 e. The van der Waals surface area contributed by atoms with Gasteiger partial charge in [0.2, 0.25) is 0 Å². The third kappa shape index (κ3) is 4.29. The first-order valence-electron chi connectivity index (χ1n) is 5.45. The van der Waals surface area contributed by atoms with Crippen LogP contribution in [-0.4, -0.2) is 31.0 Å². The van der Waals surface area contributed by atoms with Gasteiger partial charge in [-0.3, -0.25) is 0 Å². The van der Waals surface area contributed by atoms with Gasteiger partial charge in [-0.1, -0.05) is 6.92 Å². The normalized spacial score (nSPS) is 17.2. The van der Waals surface area contributed by atoms with Crippen LogP contribution >= 0.6 is 0 Å². The number of hydrogen-bond donors (Lipinski definition) is 1. The molecular formula is C11H22F3NO. The standard InChI is InChI=1S/C11H22F3NO/c1-6-7-15-10(4,11(12,13)14)8-9(2,3)16-5/h15H,6-8H2,1-5H3. The molecule has 0 saturated carbocycles. The summed E-state index contributed by atoms with van der Waals surface area (Å²) in [5.41, 5.74) is -2.70. The van der Waals surface area contributed by atoms with Crippen molar-refractivity contribution in [3.8, 4) is 0 Å². The number of ether oxygens (including phenoxy) is 1. The fourth-order valence-electron chi connectivity index (χ4n) is 1.59. The third-order valence-electron chi connectivity index (χ3n) is 2.72. The molecule has 0 aliphatic heterocycles. The lowest BCUT2D eigenvalue weighted by molar-refractivity contribution is -0.206. The monoisotopic (exact) mass is 241 g/mol. The van der Waals surface area contributed by atoms with Gasteiger partial charge in [0.15, 0.2) is 0 Å². The van der Waals surface area contributed by atoms with Gasteiger partial charge >= 0.3 is 6.18 Å². The number of nitrogens with one attached hydrogen (secondary N) is 1. The molecule has 0 aromatic rings. The number of hydrogen-bond acceptors (Lipinski definition) is 2. The van der Waals surface area contributed by atoms with Gasteiger partial charge in [-0.25, -0.2) is 0 Å². The van der Waals surface area contributed by atoms with Crippen LogP contribution in [0.2, 0.25) is 0 Å². The Kier molecular flexibility index (Phi) is 5.26. The van der Waals surface area contributed by atoms with Gasteiger partial charge in [0.05, 0.1) is 5.60 Å². The first-order valence-corrected chi connectivity index (χ1v) is 5.45. The maximum absolute atomic E-state index is 13.0. The van der Waals surface area contributed by atoms with Crippen molar-refractivity contribution in [2.75, 3.05) is 13.7 Å². The Hall–Kier alpha value is -0.290. The molecule has 2 nitrogen and oxygen atoms in total. The van der Waals surface area contributed by atoms with Crippen molar-refractivity contribution in [2.24, 2.45) is 0 Å². The van der Waals surface area contributed by atoms with E-state index in [0.29, 0.717) is 13.0 Å². The average molecular weight is 241 g/mol. The van der Waals surface area contributed by atoms with Gasteiger partial charge in [-0.2, -0.15) is 13.2 Å². The highest BCUT2D eigenvalue weighted by molar-refractivity contribution is 4.95. The Bertz CT molecular complexity index is 216. The first-order chi connectivity index (χ1) is 7.08. The molecule has 0 spiro atoms. The fraction of sp³-hybridized carbons (Fsp3) is 1.00. The minimum absolute atomic E-state index is 0.111. The number of rotatable bonds is 6. The molecular weight excluding hydrogens is 219 g/mol. The van der Waals surface area contributed by atoms with Crippen LogP contribution in [0.1, 0.15) is 40.5 Å². The highest BCUT2D eigenvalue weighted by atomic mass is 19.4. The lowest BCUT2D eigenvalue weighted by Gasteiger charge is -2.39. The van der Waals surface area contributed by atoms with Crippen molar-refractivity contribution < 1.29 is 17.9 Å². The maximum Gasteiger partial charge on any atom is 0.406 e. The molecule has 0 heterocycles. The zero-order valence-corrected chi connectivity index (χ0v) is 10.7. The summed E-state index contributed by atoms with van der Waals surface area (Å²) in [7, 11) is 1.43. The largest absolute Gasteiger partial charge is 0.406 e. The summed E-state index contributed by atoms with van der Waals surface area (Å²) >= 11 is 0. The van der Waals surface area contributed by atoms with Crippen LogP contribution in [0.25, 0.3) is 0 Å². The SMILES string of the molecule is CCCNC(C)(CC(C)(C)OC)C(F)(F)F. The van der Waals surface area contributed by atoms with Crippen LogP contribution in [0, 0.1) is 0 Å². The Balaban J connectivity index is 4.81. The van der Waals surface area contributed by atoms with Crippen molar-refractivity contribution >= 4 is 0 Å². The molecule has 0 aliphatic rings. The Morgan fingerprint density at radius 1 is 1.12 bits per heavy atom. The molecule has 0 amide bonds. The highest BCUT2D eigenvalue weighted by Gasteiger charge is 2.52. The predicted octanol–water partition coefficient (Wildman–Crippen LogP) is 3.12. The molecule has 0 aromatic heterocycles. The summed E-state index contributed by atoms with van der Waals surface area (Å²) in [6.07, 6.45) is -3.73. The topological polar surface area (TPSA) is 21.3 Å². The van der Waals surface area contributed by atoms with E-state index in [2.05, 4.69) is 5.32 Å². The van der Waals surface area contributed by atoms with Crippen LogP contribution in [-0.2, 0) is 4.74 Å². The summed E-state index contributed by atoms with van der Waals surface area (Å²) < 4.78 is 44.0. The molecule has 98 valence electrons. The summed E-state index contributed by atoms with van der Waals surface area (Å²) in [6, 6.07) is 0. The van der Waals surface area contributed by atoms with Crippen LogP contribution in [0.15, 0.2) is 0 Å². The summed E-state index contributed by atoms with van der Waals surface area (Å²) in [5, 5.41) is 2.57. The molecule has 0 aromatic carbocycles. The lowest BCUT2D eigenvalue weighted by Crippen LogP contribution is -2.58. The van der Waals surface area contributed by atoms with E-state index < -0.39 is 17.3 Å². The maximum atomic E-state index is 13.0. The van der Waals surface area contributed by atoms with Crippen molar-refractivity contribution in [3.05, 3.63) is 0 Å². The van der Waals surface area contributed by atoms with Crippen LogP contribution in [0.4, 0.5) is 13.2 Å². The molecule has 0 radical (unpaired) electrons. The Morgan fingerprint density at radius 2 is 1.62 bits per heavy atom. The van der Waals surface area contributed by atoms with Gasteiger partial charge in [0.25, 0.3) is 0 Å². The zero-order valence-electron chi connectivity index (χ0n) is 10.7. The van der Waals surface area contributed by atoms with Crippen molar-refractivity contribution in [1.29, 1.82) is 0 Å². The van der Waals surface area contributed by atoms with E-state index in [1.165, 1.54) is 14.0 Å². The minimum Gasteiger partial charge on any atom is -0.379 e. The molecule has 1 N–H and O–H groups in total. The summed E-state index contributed by atoms with van der Waals surface area (Å²) in [4.78, 5) is 0. The number of methoxy groups -OCH3 is 1. The molecule has 0 saturated heterocycles. The second-order valence-corrected chi connectivity index (χ2v) is 4.90. The number of alkyl halides is 3. The quantitative estimate of drug-likeness (QED) is 0.771. The number of halogens is 3. The average Bonchev–Trinajstić information content (AvgIpc) is 2.12. The third-order valence-corrected chi connectivity index (χ3v) is 2.72. The van der Waals surface area contributed by atoms with E-state index in [0.717, 1.165) is 0 Å². The van der Waals surface area contributed by atoms with Gasteiger partial charge in [0.1, 0.15) is 5.54 Å². The molecule has 0 rings (SSSR count). The van der Waals surface area contributed by atoms with Crippen molar-refractivity contribution in [3.63, 3.8) is 0 Å². The van der Waals surface area contributed by atoms with Gasteiger partial charge in [0, 0.05) is 13.5 Å². The van der Waals surface area contributed by atoms with Crippen molar-refractivity contribution in [1.82, 2.24) is 5.32 Å². The van der Waals surface area contributed by atoms with Crippen molar-refractivity contribution in [2.45, 2.75) is 57.9 Å². The Morgan fingerprint density at radius 3 is 1.94 bits per heavy atom.